The molecule has 138 valence electrons. The van der Waals surface area contributed by atoms with Crippen LogP contribution in [0.3, 0.4) is 0 Å². The molecule has 2 atom stereocenters. The van der Waals surface area contributed by atoms with Gasteiger partial charge in [-0.15, -0.1) is 0 Å². The van der Waals surface area contributed by atoms with Crippen molar-refractivity contribution in [3.63, 3.8) is 0 Å². The Kier molecular flexibility index (Phi) is 4.94. The largest absolute Gasteiger partial charge is 0.462 e. The number of alkyl halides is 10. The number of ether oxygens (including phenoxy) is 3. The first kappa shape index (κ1) is 20.2. The van der Waals surface area contributed by atoms with Gasteiger partial charge in [-0.05, 0) is 13.8 Å². The molecule has 0 bridgehead atoms. The van der Waals surface area contributed by atoms with Gasteiger partial charge in [0.15, 0.2) is 5.79 Å². The van der Waals surface area contributed by atoms with Crippen LogP contribution in [0, 0.1) is 0 Å². The zero-order valence-corrected chi connectivity index (χ0v) is 11.4. The third-order valence-electron chi connectivity index (χ3n) is 2.75. The van der Waals surface area contributed by atoms with Crippen molar-refractivity contribution < 1.29 is 58.1 Å². The van der Waals surface area contributed by atoms with Gasteiger partial charge in [0.1, 0.15) is 6.10 Å². The molecule has 1 rings (SSSR count). The fourth-order valence-corrected chi connectivity index (χ4v) is 1.56. The van der Waals surface area contributed by atoms with Crippen molar-refractivity contribution in [2.45, 2.75) is 56.2 Å². The number of hydrogen-bond acceptors (Lipinski definition) is 3. The Morgan fingerprint density at radius 2 is 1.48 bits per heavy atom. The van der Waals surface area contributed by atoms with E-state index in [4.69, 9.17) is 0 Å². The molecular weight excluding hydrogens is 358 g/mol. The number of halogens is 10. The summed E-state index contributed by atoms with van der Waals surface area (Å²) in [5, 5.41) is 0. The Bertz CT molecular complexity index is 435. The van der Waals surface area contributed by atoms with Gasteiger partial charge < -0.3 is 9.47 Å². The Labute approximate surface area is 122 Å². The average molecular weight is 368 g/mol. The Balaban J connectivity index is 3.13. The first-order valence-corrected chi connectivity index (χ1v) is 5.77. The molecule has 1 heterocycles. The molecule has 0 aliphatic carbocycles. The summed E-state index contributed by atoms with van der Waals surface area (Å²) in [6.07, 6.45) is -20.7. The quantitative estimate of drug-likeness (QED) is 0.690. The predicted octanol–water partition coefficient (Wildman–Crippen LogP) is 3.88. The highest BCUT2D eigenvalue weighted by Crippen LogP contribution is 2.50. The van der Waals surface area contributed by atoms with E-state index in [0.29, 0.717) is 0 Å². The second-order valence-electron chi connectivity index (χ2n) is 5.01. The zero-order chi connectivity index (χ0) is 18.5. The standard InChI is InChI=1S/C10H10F10O3/c1-6(2)21-3-4(22-6)7(13,5(11)12)23-10(19,20)8(14,15)9(16,17)18/h4-5H,3H2,1-2H3. The topological polar surface area (TPSA) is 27.7 Å². The normalized spacial score (nSPS) is 25.7. The molecule has 23 heavy (non-hydrogen) atoms. The molecule has 0 radical (unpaired) electrons. The van der Waals surface area contributed by atoms with Crippen molar-refractivity contribution in [1.82, 2.24) is 0 Å². The molecule has 0 N–H and O–H groups in total. The van der Waals surface area contributed by atoms with E-state index >= 15 is 0 Å². The Morgan fingerprint density at radius 3 is 1.78 bits per heavy atom. The molecule has 0 aromatic rings. The minimum absolute atomic E-state index is 1.04. The maximum absolute atomic E-state index is 14.0. The van der Waals surface area contributed by atoms with Crippen LogP contribution >= 0.6 is 0 Å². The average Bonchev–Trinajstić information content (AvgIpc) is 2.67. The summed E-state index contributed by atoms with van der Waals surface area (Å²) in [5.41, 5.74) is 0. The van der Waals surface area contributed by atoms with Gasteiger partial charge in [0, 0.05) is 0 Å². The van der Waals surface area contributed by atoms with Crippen LogP contribution in [0.15, 0.2) is 0 Å². The lowest BCUT2D eigenvalue weighted by atomic mass is 10.1. The highest BCUT2D eigenvalue weighted by atomic mass is 19.4. The molecular formula is C10H10F10O3. The number of rotatable bonds is 5. The highest BCUT2D eigenvalue weighted by molar-refractivity contribution is 4.92. The van der Waals surface area contributed by atoms with Crippen LogP contribution in [0.1, 0.15) is 13.8 Å². The molecule has 13 heteroatoms. The van der Waals surface area contributed by atoms with Crippen molar-refractivity contribution in [1.29, 1.82) is 0 Å². The first-order valence-electron chi connectivity index (χ1n) is 5.77. The van der Waals surface area contributed by atoms with Crippen LogP contribution in [0.5, 0.6) is 0 Å². The molecule has 1 fully saturated rings. The van der Waals surface area contributed by atoms with Crippen molar-refractivity contribution in [2.24, 2.45) is 0 Å². The molecule has 3 nitrogen and oxygen atoms in total. The van der Waals surface area contributed by atoms with Gasteiger partial charge in [-0.2, -0.15) is 30.7 Å². The predicted molar refractivity (Wildman–Crippen MR) is 51.8 cm³/mol. The van der Waals surface area contributed by atoms with Crippen LogP contribution in [0.25, 0.3) is 0 Å². The van der Waals surface area contributed by atoms with Crippen molar-refractivity contribution >= 4 is 0 Å². The van der Waals surface area contributed by atoms with E-state index in [-0.39, 0.29) is 0 Å². The lowest BCUT2D eigenvalue weighted by molar-refractivity contribution is -0.472. The van der Waals surface area contributed by atoms with Gasteiger partial charge in [-0.1, -0.05) is 0 Å². The molecule has 0 aromatic heterocycles. The summed E-state index contributed by atoms with van der Waals surface area (Å²) in [6.45, 7) is 0.949. The third-order valence-corrected chi connectivity index (χ3v) is 2.75. The number of hydrogen-bond donors (Lipinski definition) is 0. The fourth-order valence-electron chi connectivity index (χ4n) is 1.56. The third kappa shape index (κ3) is 3.65. The van der Waals surface area contributed by atoms with Gasteiger partial charge in [-0.3, -0.25) is 4.74 Å². The molecule has 1 aliphatic rings. The maximum Gasteiger partial charge on any atom is 0.462 e. The van der Waals surface area contributed by atoms with Crippen LogP contribution in [-0.4, -0.2) is 49.0 Å². The maximum atomic E-state index is 14.0. The van der Waals surface area contributed by atoms with Crippen LogP contribution in [0.4, 0.5) is 43.9 Å². The molecule has 0 saturated carbocycles. The SMILES string of the molecule is CC1(C)OCC(C(F)(OC(F)(F)C(F)(F)C(F)(F)F)C(F)F)O1. The second kappa shape index (κ2) is 5.62. The van der Waals surface area contributed by atoms with Gasteiger partial charge in [0.25, 0.3) is 6.43 Å². The molecule has 0 spiro atoms. The molecule has 0 aromatic carbocycles. The molecule has 0 amide bonds. The van der Waals surface area contributed by atoms with E-state index in [9.17, 15) is 43.9 Å². The molecule has 1 saturated heterocycles. The van der Waals surface area contributed by atoms with Gasteiger partial charge in [0.05, 0.1) is 6.61 Å². The Morgan fingerprint density at radius 1 is 1.00 bits per heavy atom. The summed E-state index contributed by atoms with van der Waals surface area (Å²) < 4.78 is 138. The van der Waals surface area contributed by atoms with E-state index in [1.165, 1.54) is 0 Å². The summed E-state index contributed by atoms with van der Waals surface area (Å²) in [4.78, 5) is 0. The fraction of sp³-hybridized carbons (Fsp3) is 1.00. The van der Waals surface area contributed by atoms with Gasteiger partial charge >= 0.3 is 24.1 Å². The van der Waals surface area contributed by atoms with E-state index < -0.39 is 49.0 Å². The summed E-state index contributed by atoms with van der Waals surface area (Å²) in [5.74, 6) is -13.6. The zero-order valence-electron chi connectivity index (χ0n) is 11.4. The van der Waals surface area contributed by atoms with Crippen LogP contribution in [0.2, 0.25) is 0 Å². The minimum Gasteiger partial charge on any atom is -0.348 e. The van der Waals surface area contributed by atoms with E-state index in [0.717, 1.165) is 13.8 Å². The summed E-state index contributed by atoms with van der Waals surface area (Å²) in [7, 11) is 0. The van der Waals surface area contributed by atoms with Crippen molar-refractivity contribution in [3.05, 3.63) is 0 Å². The molecule has 1 aliphatic heterocycles. The molecule has 2 unspecified atom stereocenters. The van der Waals surface area contributed by atoms with Crippen LogP contribution in [-0.2, 0) is 14.2 Å². The smallest absolute Gasteiger partial charge is 0.348 e. The van der Waals surface area contributed by atoms with Gasteiger partial charge in [0.2, 0.25) is 0 Å². The van der Waals surface area contributed by atoms with Gasteiger partial charge in [-0.25, -0.2) is 13.2 Å². The monoisotopic (exact) mass is 368 g/mol. The minimum atomic E-state index is -6.92. The van der Waals surface area contributed by atoms with E-state index in [1.54, 1.807) is 0 Å². The van der Waals surface area contributed by atoms with Crippen molar-refractivity contribution in [3.8, 4) is 0 Å². The second-order valence-corrected chi connectivity index (χ2v) is 5.01. The highest BCUT2D eigenvalue weighted by Gasteiger charge is 2.77. The van der Waals surface area contributed by atoms with Crippen molar-refractivity contribution in [2.75, 3.05) is 6.61 Å². The first-order chi connectivity index (χ1) is 9.96. The Hall–Kier alpha value is -0.820. The van der Waals surface area contributed by atoms with E-state index in [1.807, 2.05) is 0 Å². The summed E-state index contributed by atoms with van der Waals surface area (Å²) in [6, 6.07) is 0. The lowest BCUT2D eigenvalue weighted by Crippen LogP contribution is -2.60. The van der Waals surface area contributed by atoms with E-state index in [2.05, 4.69) is 14.2 Å². The van der Waals surface area contributed by atoms with Crippen LogP contribution < -0.4 is 0 Å². The lowest BCUT2D eigenvalue weighted by Gasteiger charge is -2.36. The summed E-state index contributed by atoms with van der Waals surface area (Å²) >= 11 is 0.